The Bertz CT molecular complexity index is 548. The first kappa shape index (κ1) is 13.0. The molecule has 2 aromatic heterocycles. The van der Waals surface area contributed by atoms with Crippen molar-refractivity contribution in [2.45, 2.75) is 13.5 Å². The Hall–Kier alpha value is -2.44. The van der Waals surface area contributed by atoms with Gasteiger partial charge in [-0.15, -0.1) is 10.2 Å². The fraction of sp³-hybridized carbons (Fsp3) is 0.333. The summed E-state index contributed by atoms with van der Waals surface area (Å²) in [6.07, 6.45) is 1.69. The summed E-state index contributed by atoms with van der Waals surface area (Å²) in [4.78, 5) is 11.9. The maximum absolute atomic E-state index is 11.9. The topological polar surface area (TPSA) is 84.7 Å². The summed E-state index contributed by atoms with van der Waals surface area (Å²) >= 11 is 0. The third-order valence-electron chi connectivity index (χ3n) is 2.61. The zero-order chi connectivity index (χ0) is 13.7. The van der Waals surface area contributed by atoms with Gasteiger partial charge in [0.05, 0.1) is 12.2 Å². The molecule has 0 aliphatic heterocycles. The van der Waals surface area contributed by atoms with Gasteiger partial charge in [0.15, 0.2) is 5.69 Å². The lowest BCUT2D eigenvalue weighted by atomic mass is 10.3. The highest BCUT2D eigenvalue weighted by Crippen LogP contribution is 2.02. The number of carbonyl (C=O) groups is 1. The molecule has 0 saturated heterocycles. The highest BCUT2D eigenvalue weighted by Gasteiger charge is 2.08. The fourth-order valence-electron chi connectivity index (χ4n) is 1.56. The molecule has 7 nitrogen and oxygen atoms in total. The minimum Gasteiger partial charge on any atom is -0.369 e. The quantitative estimate of drug-likeness (QED) is 0.821. The van der Waals surface area contributed by atoms with Crippen LogP contribution in [0.5, 0.6) is 0 Å². The van der Waals surface area contributed by atoms with Crippen molar-refractivity contribution >= 4 is 11.7 Å². The van der Waals surface area contributed by atoms with Crippen molar-refractivity contribution in [3.63, 3.8) is 0 Å². The van der Waals surface area contributed by atoms with E-state index >= 15 is 0 Å². The van der Waals surface area contributed by atoms with Gasteiger partial charge in [-0.25, -0.2) is 0 Å². The monoisotopic (exact) mass is 260 g/mol. The van der Waals surface area contributed by atoms with Crippen molar-refractivity contribution in [2.24, 2.45) is 7.05 Å². The second kappa shape index (κ2) is 5.94. The number of nitrogens with one attached hydrogen (secondary N) is 2. The lowest BCUT2D eigenvalue weighted by Crippen LogP contribution is -2.25. The van der Waals surface area contributed by atoms with E-state index in [4.69, 9.17) is 0 Å². The predicted octanol–water partition coefficient (Wildman–Crippen LogP) is 0.572. The van der Waals surface area contributed by atoms with Crippen molar-refractivity contribution in [1.82, 2.24) is 25.3 Å². The first-order valence-corrected chi connectivity index (χ1v) is 6.03. The molecule has 2 rings (SSSR count). The van der Waals surface area contributed by atoms with Gasteiger partial charge in [0.1, 0.15) is 5.82 Å². The highest BCUT2D eigenvalue weighted by atomic mass is 16.1. The molecule has 100 valence electrons. The van der Waals surface area contributed by atoms with Gasteiger partial charge in [0.2, 0.25) is 0 Å². The van der Waals surface area contributed by atoms with Crippen LogP contribution in [0.4, 0.5) is 5.82 Å². The standard InChI is InChI=1S/C12H16N6O/c1-3-13-11-5-4-10(16-17-11)12(19)14-8-9-6-7-15-18(9)2/h4-7H,3,8H2,1-2H3,(H,13,17)(H,14,19). The maximum Gasteiger partial charge on any atom is 0.272 e. The van der Waals surface area contributed by atoms with E-state index < -0.39 is 0 Å². The zero-order valence-electron chi connectivity index (χ0n) is 10.9. The van der Waals surface area contributed by atoms with Crippen molar-refractivity contribution in [1.29, 1.82) is 0 Å². The van der Waals surface area contributed by atoms with Gasteiger partial charge in [-0.3, -0.25) is 9.48 Å². The van der Waals surface area contributed by atoms with E-state index in [1.807, 2.05) is 20.0 Å². The van der Waals surface area contributed by atoms with Gasteiger partial charge in [-0.1, -0.05) is 0 Å². The summed E-state index contributed by atoms with van der Waals surface area (Å²) in [5, 5.41) is 17.6. The van der Waals surface area contributed by atoms with Gasteiger partial charge < -0.3 is 10.6 Å². The molecule has 0 unspecified atom stereocenters. The molecule has 0 aliphatic rings. The first-order chi connectivity index (χ1) is 9.20. The second-order valence-corrected chi connectivity index (χ2v) is 3.96. The molecule has 0 radical (unpaired) electrons. The van der Waals surface area contributed by atoms with Crippen LogP contribution in [0.2, 0.25) is 0 Å². The summed E-state index contributed by atoms with van der Waals surface area (Å²) in [5.74, 6) is 0.405. The molecule has 1 amide bonds. The number of rotatable bonds is 5. The number of hydrogen-bond donors (Lipinski definition) is 2. The highest BCUT2D eigenvalue weighted by molar-refractivity contribution is 5.92. The second-order valence-electron chi connectivity index (χ2n) is 3.96. The zero-order valence-corrected chi connectivity index (χ0v) is 10.9. The Morgan fingerprint density at radius 3 is 2.74 bits per heavy atom. The van der Waals surface area contributed by atoms with E-state index in [9.17, 15) is 4.79 Å². The van der Waals surface area contributed by atoms with Gasteiger partial charge in [-0.2, -0.15) is 5.10 Å². The predicted molar refractivity (Wildman–Crippen MR) is 70.6 cm³/mol. The molecule has 0 fully saturated rings. The summed E-state index contributed by atoms with van der Waals surface area (Å²) in [7, 11) is 1.83. The summed E-state index contributed by atoms with van der Waals surface area (Å²) in [6.45, 7) is 3.14. The molecule has 7 heteroatoms. The van der Waals surface area contributed by atoms with E-state index in [0.717, 1.165) is 12.2 Å². The van der Waals surface area contributed by atoms with Crippen LogP contribution in [0.15, 0.2) is 24.4 Å². The number of amides is 1. The smallest absolute Gasteiger partial charge is 0.272 e. The normalized spacial score (nSPS) is 10.2. The van der Waals surface area contributed by atoms with Crippen molar-refractivity contribution < 1.29 is 4.79 Å². The Kier molecular flexibility index (Phi) is 4.07. The van der Waals surface area contributed by atoms with Gasteiger partial charge in [0, 0.05) is 19.8 Å². The molecule has 2 N–H and O–H groups in total. The number of carbonyl (C=O) groups excluding carboxylic acids is 1. The fourth-order valence-corrected chi connectivity index (χ4v) is 1.56. The SMILES string of the molecule is CCNc1ccc(C(=O)NCc2ccnn2C)nn1. The van der Waals surface area contributed by atoms with Crippen molar-refractivity contribution in [3.05, 3.63) is 35.8 Å². The van der Waals surface area contributed by atoms with Crippen LogP contribution in [0.25, 0.3) is 0 Å². The van der Waals surface area contributed by atoms with Gasteiger partial charge in [-0.05, 0) is 25.1 Å². The minimum absolute atomic E-state index is 0.253. The molecule has 0 aromatic carbocycles. The average Bonchev–Trinajstić information content (AvgIpc) is 2.83. The molecule has 2 heterocycles. The Balaban J connectivity index is 1.94. The number of anilines is 1. The van der Waals surface area contributed by atoms with Crippen LogP contribution in [0.1, 0.15) is 23.1 Å². The lowest BCUT2D eigenvalue weighted by Gasteiger charge is -2.05. The van der Waals surface area contributed by atoms with Crippen LogP contribution in [-0.4, -0.2) is 32.4 Å². The van der Waals surface area contributed by atoms with E-state index in [1.165, 1.54) is 0 Å². The van der Waals surface area contributed by atoms with Crippen LogP contribution >= 0.6 is 0 Å². The molecule has 0 spiro atoms. The molecule has 19 heavy (non-hydrogen) atoms. The van der Waals surface area contributed by atoms with Crippen molar-refractivity contribution in [3.8, 4) is 0 Å². The third kappa shape index (κ3) is 3.27. The third-order valence-corrected chi connectivity index (χ3v) is 2.61. The molecule has 0 atom stereocenters. The summed E-state index contributed by atoms with van der Waals surface area (Å²) in [6, 6.07) is 5.22. The Morgan fingerprint density at radius 1 is 1.32 bits per heavy atom. The van der Waals surface area contributed by atoms with Crippen molar-refractivity contribution in [2.75, 3.05) is 11.9 Å². The van der Waals surface area contributed by atoms with Gasteiger partial charge in [0.25, 0.3) is 5.91 Å². The minimum atomic E-state index is -0.253. The molecule has 0 saturated carbocycles. The summed E-state index contributed by atoms with van der Waals surface area (Å²) in [5.41, 5.74) is 1.22. The number of aromatic nitrogens is 4. The molecular weight excluding hydrogens is 244 g/mol. The molecule has 2 aromatic rings. The average molecular weight is 260 g/mol. The number of aryl methyl sites for hydroxylation is 1. The molecule has 0 bridgehead atoms. The van der Waals surface area contributed by atoms with Crippen LogP contribution in [0.3, 0.4) is 0 Å². The largest absolute Gasteiger partial charge is 0.369 e. The summed E-state index contributed by atoms with van der Waals surface area (Å²) < 4.78 is 1.71. The maximum atomic E-state index is 11.9. The van der Waals surface area contributed by atoms with Gasteiger partial charge >= 0.3 is 0 Å². The molecule has 0 aliphatic carbocycles. The Morgan fingerprint density at radius 2 is 2.16 bits per heavy atom. The molecular formula is C12H16N6O. The Labute approximate surface area is 111 Å². The van der Waals surface area contributed by atoms with Crippen LogP contribution in [-0.2, 0) is 13.6 Å². The van der Waals surface area contributed by atoms with E-state index in [0.29, 0.717) is 18.1 Å². The first-order valence-electron chi connectivity index (χ1n) is 6.03. The van der Waals surface area contributed by atoms with Crippen LogP contribution < -0.4 is 10.6 Å². The number of nitrogens with zero attached hydrogens (tertiary/aromatic N) is 4. The lowest BCUT2D eigenvalue weighted by molar-refractivity contribution is 0.0944. The number of hydrogen-bond acceptors (Lipinski definition) is 5. The van der Waals surface area contributed by atoms with E-state index in [2.05, 4.69) is 25.9 Å². The van der Waals surface area contributed by atoms with E-state index in [1.54, 1.807) is 23.0 Å². The van der Waals surface area contributed by atoms with E-state index in [-0.39, 0.29) is 5.91 Å². The van der Waals surface area contributed by atoms with Crippen LogP contribution in [0, 0.1) is 0 Å².